The fourth-order valence-electron chi connectivity index (χ4n) is 2.97. The number of anilines is 1. The monoisotopic (exact) mass is 383 g/mol. The molecule has 2 saturated heterocycles. The van der Waals surface area contributed by atoms with Crippen molar-refractivity contribution >= 4 is 34.2 Å². The van der Waals surface area contributed by atoms with Gasteiger partial charge in [0, 0.05) is 25.0 Å². The number of amidine groups is 1. The predicted molar refractivity (Wildman–Crippen MR) is 106 cm³/mol. The molecule has 0 radical (unpaired) electrons. The molecule has 8 heteroatoms. The van der Waals surface area contributed by atoms with Crippen molar-refractivity contribution in [1.29, 1.82) is 0 Å². The number of hydrogen-bond donors (Lipinski definition) is 0. The Morgan fingerprint density at radius 1 is 1.15 bits per heavy atom. The summed E-state index contributed by atoms with van der Waals surface area (Å²) in [6.45, 7) is 5.62. The fraction of sp³-hybridized carbons (Fsp3) is 0.368. The molecule has 2 aromatic rings. The highest BCUT2D eigenvalue weighted by atomic mass is 32.2. The van der Waals surface area contributed by atoms with E-state index in [1.165, 1.54) is 17.4 Å². The average Bonchev–Trinajstić information content (AvgIpc) is 3.04. The molecule has 27 heavy (non-hydrogen) atoms. The number of aromatic nitrogens is 2. The normalized spacial score (nSPS) is 19.1. The Balaban J connectivity index is 1.49. The Morgan fingerprint density at radius 2 is 1.93 bits per heavy atom. The molecule has 0 spiro atoms. The summed E-state index contributed by atoms with van der Waals surface area (Å²) in [6.07, 6.45) is 3.42. The summed E-state index contributed by atoms with van der Waals surface area (Å²) in [5.41, 5.74) is 3.62. The molecule has 2 aliphatic rings. The van der Waals surface area contributed by atoms with Gasteiger partial charge in [0.1, 0.15) is 0 Å². The molecule has 7 nitrogen and oxygen atoms in total. The van der Waals surface area contributed by atoms with E-state index >= 15 is 0 Å². The summed E-state index contributed by atoms with van der Waals surface area (Å²) < 4.78 is 5.40. The molecule has 0 aliphatic carbocycles. The number of thioether (sulfide) groups is 1. The van der Waals surface area contributed by atoms with Crippen molar-refractivity contribution in [3.8, 4) is 0 Å². The Labute approximate surface area is 162 Å². The molecular weight excluding hydrogens is 362 g/mol. The lowest BCUT2D eigenvalue weighted by atomic mass is 10.2. The van der Waals surface area contributed by atoms with Crippen LogP contribution in [-0.2, 0) is 16.1 Å². The van der Waals surface area contributed by atoms with Crippen LogP contribution in [0.2, 0.25) is 0 Å². The van der Waals surface area contributed by atoms with Crippen LogP contribution in [0.4, 0.5) is 11.4 Å². The zero-order chi connectivity index (χ0) is 18.6. The first-order chi connectivity index (χ1) is 13.2. The molecule has 3 heterocycles. The highest BCUT2D eigenvalue weighted by Crippen LogP contribution is 2.26. The largest absolute Gasteiger partial charge is 0.378 e. The van der Waals surface area contributed by atoms with Gasteiger partial charge in [-0.05, 0) is 31.2 Å². The number of rotatable bonds is 4. The molecule has 4 rings (SSSR count). The van der Waals surface area contributed by atoms with Gasteiger partial charge >= 0.3 is 0 Å². The predicted octanol–water partition coefficient (Wildman–Crippen LogP) is 2.38. The first-order valence-electron chi connectivity index (χ1n) is 8.91. The molecule has 1 amide bonds. The van der Waals surface area contributed by atoms with E-state index in [1.54, 1.807) is 17.3 Å². The smallest absolute Gasteiger partial charge is 0.239 e. The van der Waals surface area contributed by atoms with Crippen LogP contribution < -0.4 is 4.90 Å². The van der Waals surface area contributed by atoms with Gasteiger partial charge in [0.2, 0.25) is 5.91 Å². The molecule has 0 N–H and O–H groups in total. The van der Waals surface area contributed by atoms with Gasteiger partial charge < -0.3 is 9.64 Å². The summed E-state index contributed by atoms with van der Waals surface area (Å²) in [7, 11) is 0. The van der Waals surface area contributed by atoms with E-state index in [2.05, 4.69) is 32.0 Å². The van der Waals surface area contributed by atoms with Crippen LogP contribution in [0.15, 0.2) is 41.7 Å². The minimum absolute atomic E-state index is 0.0473. The Morgan fingerprint density at radius 3 is 2.63 bits per heavy atom. The van der Waals surface area contributed by atoms with Crippen molar-refractivity contribution in [3.05, 3.63) is 48.0 Å². The fourth-order valence-corrected chi connectivity index (χ4v) is 3.87. The van der Waals surface area contributed by atoms with Crippen LogP contribution in [0.3, 0.4) is 0 Å². The Bertz CT molecular complexity index is 832. The van der Waals surface area contributed by atoms with Gasteiger partial charge in [-0.15, -0.1) is 0 Å². The maximum absolute atomic E-state index is 12.3. The Hall–Kier alpha value is -2.45. The molecule has 140 valence electrons. The standard InChI is InChI=1S/C19H21N5O2S/c1-14-10-21-16(11-20-14)12-24-18(25)13-27-19(24)22-15-2-4-17(5-3-15)23-6-8-26-9-7-23/h2-5,10-11H,6-9,12-13H2,1H3/b22-19+. The third kappa shape index (κ3) is 4.28. The lowest BCUT2D eigenvalue weighted by Gasteiger charge is -2.28. The van der Waals surface area contributed by atoms with Crippen LogP contribution in [0.5, 0.6) is 0 Å². The van der Waals surface area contributed by atoms with E-state index in [-0.39, 0.29) is 5.91 Å². The van der Waals surface area contributed by atoms with Gasteiger partial charge in [0.15, 0.2) is 5.17 Å². The van der Waals surface area contributed by atoms with Gasteiger partial charge in [-0.1, -0.05) is 11.8 Å². The van der Waals surface area contributed by atoms with E-state index < -0.39 is 0 Å². The number of morpholine rings is 1. The number of amides is 1. The highest BCUT2D eigenvalue weighted by molar-refractivity contribution is 8.15. The van der Waals surface area contributed by atoms with E-state index in [0.717, 1.165) is 43.4 Å². The molecule has 2 aliphatic heterocycles. The lowest BCUT2D eigenvalue weighted by Crippen LogP contribution is -2.36. The minimum atomic E-state index is 0.0473. The third-order valence-corrected chi connectivity index (χ3v) is 5.42. The molecule has 0 saturated carbocycles. The van der Waals surface area contributed by atoms with Crippen molar-refractivity contribution < 1.29 is 9.53 Å². The van der Waals surface area contributed by atoms with Crippen molar-refractivity contribution in [1.82, 2.24) is 14.9 Å². The first kappa shape index (κ1) is 17.9. The molecular formula is C19H21N5O2S. The number of aliphatic imine (C=N–C) groups is 1. The van der Waals surface area contributed by atoms with Gasteiger partial charge in [-0.25, -0.2) is 4.99 Å². The second-order valence-corrected chi connectivity index (χ2v) is 7.37. The van der Waals surface area contributed by atoms with E-state index in [1.807, 2.05) is 19.1 Å². The number of carbonyl (C=O) groups excluding carboxylic acids is 1. The number of benzene rings is 1. The van der Waals surface area contributed by atoms with Gasteiger partial charge in [-0.3, -0.25) is 19.7 Å². The zero-order valence-electron chi connectivity index (χ0n) is 15.2. The second-order valence-electron chi connectivity index (χ2n) is 6.43. The molecule has 1 aromatic carbocycles. The summed E-state index contributed by atoms with van der Waals surface area (Å²) in [4.78, 5) is 29.5. The van der Waals surface area contributed by atoms with E-state index in [9.17, 15) is 4.79 Å². The van der Waals surface area contributed by atoms with Crippen LogP contribution in [0.1, 0.15) is 11.4 Å². The van der Waals surface area contributed by atoms with Crippen molar-refractivity contribution in [2.24, 2.45) is 4.99 Å². The minimum Gasteiger partial charge on any atom is -0.378 e. The number of nitrogens with zero attached hydrogens (tertiary/aromatic N) is 5. The summed E-state index contributed by atoms with van der Waals surface area (Å²) in [5, 5.41) is 0.710. The average molecular weight is 383 g/mol. The highest BCUT2D eigenvalue weighted by Gasteiger charge is 2.28. The van der Waals surface area contributed by atoms with Gasteiger partial charge in [0.25, 0.3) is 0 Å². The van der Waals surface area contributed by atoms with Crippen molar-refractivity contribution in [3.63, 3.8) is 0 Å². The summed E-state index contributed by atoms with van der Waals surface area (Å²) in [6, 6.07) is 8.12. The van der Waals surface area contributed by atoms with Crippen LogP contribution in [0.25, 0.3) is 0 Å². The number of hydrogen-bond acceptors (Lipinski definition) is 7. The van der Waals surface area contributed by atoms with Crippen molar-refractivity contribution in [2.75, 3.05) is 37.0 Å². The second kappa shape index (κ2) is 8.06. The topological polar surface area (TPSA) is 70.9 Å². The van der Waals surface area contributed by atoms with E-state index in [0.29, 0.717) is 17.5 Å². The molecule has 0 bridgehead atoms. The van der Waals surface area contributed by atoms with Crippen molar-refractivity contribution in [2.45, 2.75) is 13.5 Å². The van der Waals surface area contributed by atoms with Crippen LogP contribution in [0, 0.1) is 6.92 Å². The number of ether oxygens (including phenoxy) is 1. The summed E-state index contributed by atoms with van der Waals surface area (Å²) in [5.74, 6) is 0.454. The molecule has 0 unspecified atom stereocenters. The quantitative estimate of drug-likeness (QED) is 0.807. The van der Waals surface area contributed by atoms with Gasteiger partial charge in [0.05, 0.1) is 48.8 Å². The molecule has 0 atom stereocenters. The summed E-state index contributed by atoms with van der Waals surface area (Å²) >= 11 is 1.46. The maximum atomic E-state index is 12.3. The van der Waals surface area contributed by atoms with Crippen LogP contribution in [-0.4, -0.2) is 58.0 Å². The number of carbonyl (C=O) groups is 1. The van der Waals surface area contributed by atoms with Crippen LogP contribution >= 0.6 is 11.8 Å². The molecule has 2 fully saturated rings. The Kier molecular flexibility index (Phi) is 5.35. The first-order valence-corrected chi connectivity index (χ1v) is 9.90. The SMILES string of the molecule is Cc1cnc(CN2C(=O)CS/C2=N/c2ccc(N3CCOCC3)cc2)cn1. The third-order valence-electron chi connectivity index (χ3n) is 4.46. The number of aryl methyl sites for hydroxylation is 1. The lowest BCUT2D eigenvalue weighted by molar-refractivity contribution is -0.124. The molecule has 1 aromatic heterocycles. The maximum Gasteiger partial charge on any atom is 0.239 e. The van der Waals surface area contributed by atoms with E-state index in [4.69, 9.17) is 4.74 Å². The zero-order valence-corrected chi connectivity index (χ0v) is 16.0. The van der Waals surface area contributed by atoms with Gasteiger partial charge in [-0.2, -0.15) is 0 Å².